The zero-order chi connectivity index (χ0) is 12.5. The van der Waals surface area contributed by atoms with Crippen LogP contribution in [0.3, 0.4) is 0 Å². The first-order valence-corrected chi connectivity index (χ1v) is 7.28. The van der Waals surface area contributed by atoms with Gasteiger partial charge in [-0.25, -0.2) is 4.98 Å². The van der Waals surface area contributed by atoms with E-state index in [0.717, 1.165) is 12.4 Å². The Kier molecular flexibility index (Phi) is 3.14. The molecule has 98 valence electrons. The Labute approximate surface area is 109 Å². The standard InChI is InChI=1S/C15H23N3/c1-2-10-18-14(16)13(11-8-5-9-11)17-15(18)12-6-3-4-7-12/h2,11-12H,1,3-10,16H2. The molecule has 0 radical (unpaired) electrons. The average molecular weight is 245 g/mol. The van der Waals surface area contributed by atoms with Crippen molar-refractivity contribution in [1.29, 1.82) is 0 Å². The van der Waals surface area contributed by atoms with Gasteiger partial charge in [0.25, 0.3) is 0 Å². The van der Waals surface area contributed by atoms with Crippen LogP contribution in [0.5, 0.6) is 0 Å². The summed E-state index contributed by atoms with van der Waals surface area (Å²) in [6, 6.07) is 0. The number of hydrogen-bond donors (Lipinski definition) is 1. The Hall–Kier alpha value is -1.25. The van der Waals surface area contributed by atoms with Gasteiger partial charge in [0, 0.05) is 18.4 Å². The van der Waals surface area contributed by atoms with Crippen molar-refractivity contribution < 1.29 is 0 Å². The number of hydrogen-bond acceptors (Lipinski definition) is 2. The lowest BCUT2D eigenvalue weighted by atomic mass is 9.83. The highest BCUT2D eigenvalue weighted by Crippen LogP contribution is 2.41. The first kappa shape index (κ1) is 11.8. The van der Waals surface area contributed by atoms with Crippen molar-refractivity contribution in [3.63, 3.8) is 0 Å². The van der Waals surface area contributed by atoms with Crippen LogP contribution in [0.15, 0.2) is 12.7 Å². The summed E-state index contributed by atoms with van der Waals surface area (Å²) in [5.41, 5.74) is 7.49. The number of nitrogens with two attached hydrogens (primary N) is 1. The highest BCUT2D eigenvalue weighted by molar-refractivity contribution is 5.42. The molecule has 0 aromatic carbocycles. The minimum atomic E-state index is 0.621. The Bertz CT molecular complexity index is 437. The molecule has 0 amide bonds. The zero-order valence-corrected chi connectivity index (χ0v) is 11.1. The van der Waals surface area contributed by atoms with E-state index < -0.39 is 0 Å². The van der Waals surface area contributed by atoms with Crippen molar-refractivity contribution in [2.75, 3.05) is 5.73 Å². The van der Waals surface area contributed by atoms with Crippen molar-refractivity contribution in [2.45, 2.75) is 63.3 Å². The van der Waals surface area contributed by atoms with Crippen LogP contribution in [0.1, 0.15) is 68.3 Å². The van der Waals surface area contributed by atoms with Gasteiger partial charge in [0.2, 0.25) is 0 Å². The molecule has 1 heterocycles. The SMILES string of the molecule is C=CCn1c(C2CCCC2)nc(C2CCC2)c1N. The van der Waals surface area contributed by atoms with Crippen LogP contribution < -0.4 is 5.73 Å². The van der Waals surface area contributed by atoms with E-state index in [9.17, 15) is 0 Å². The first-order chi connectivity index (χ1) is 8.81. The molecular weight excluding hydrogens is 222 g/mol. The first-order valence-electron chi connectivity index (χ1n) is 7.28. The van der Waals surface area contributed by atoms with Crippen molar-refractivity contribution in [3.05, 3.63) is 24.2 Å². The molecule has 0 unspecified atom stereocenters. The molecule has 0 aliphatic heterocycles. The molecule has 2 N–H and O–H groups in total. The second kappa shape index (κ2) is 4.79. The van der Waals surface area contributed by atoms with Crippen molar-refractivity contribution in [1.82, 2.24) is 9.55 Å². The van der Waals surface area contributed by atoms with Gasteiger partial charge in [0.1, 0.15) is 11.6 Å². The van der Waals surface area contributed by atoms with E-state index in [4.69, 9.17) is 10.7 Å². The summed E-state index contributed by atoms with van der Waals surface area (Å²) in [4.78, 5) is 4.92. The highest BCUT2D eigenvalue weighted by Gasteiger charge is 2.30. The minimum Gasteiger partial charge on any atom is -0.384 e. The lowest BCUT2D eigenvalue weighted by molar-refractivity contribution is 0.412. The smallest absolute Gasteiger partial charge is 0.127 e. The van der Waals surface area contributed by atoms with Gasteiger partial charge in [-0.05, 0) is 25.7 Å². The fourth-order valence-corrected chi connectivity index (χ4v) is 3.30. The van der Waals surface area contributed by atoms with Gasteiger partial charge in [-0.1, -0.05) is 25.3 Å². The average Bonchev–Trinajstić information content (AvgIpc) is 2.90. The Morgan fingerprint density at radius 3 is 2.39 bits per heavy atom. The second-order valence-electron chi connectivity index (χ2n) is 5.75. The molecule has 2 saturated carbocycles. The largest absolute Gasteiger partial charge is 0.384 e. The van der Waals surface area contributed by atoms with E-state index in [1.54, 1.807) is 0 Å². The van der Waals surface area contributed by atoms with E-state index in [2.05, 4.69) is 11.1 Å². The van der Waals surface area contributed by atoms with Crippen LogP contribution in [-0.2, 0) is 6.54 Å². The minimum absolute atomic E-state index is 0.621. The molecule has 3 rings (SSSR count). The van der Waals surface area contributed by atoms with Crippen LogP contribution in [0.25, 0.3) is 0 Å². The van der Waals surface area contributed by atoms with Crippen LogP contribution in [0.4, 0.5) is 5.82 Å². The number of anilines is 1. The molecule has 18 heavy (non-hydrogen) atoms. The molecule has 2 fully saturated rings. The molecular formula is C15H23N3. The van der Waals surface area contributed by atoms with Gasteiger partial charge < -0.3 is 10.3 Å². The molecule has 3 heteroatoms. The summed E-state index contributed by atoms with van der Waals surface area (Å²) in [6.07, 6.45) is 11.0. The third-order valence-electron chi connectivity index (χ3n) is 4.59. The molecule has 0 saturated heterocycles. The monoisotopic (exact) mass is 245 g/mol. The van der Waals surface area contributed by atoms with E-state index in [-0.39, 0.29) is 0 Å². The van der Waals surface area contributed by atoms with Gasteiger partial charge in [0.05, 0.1) is 5.69 Å². The van der Waals surface area contributed by atoms with Gasteiger partial charge in [-0.15, -0.1) is 6.58 Å². The van der Waals surface area contributed by atoms with Gasteiger partial charge in [-0.3, -0.25) is 0 Å². The highest BCUT2D eigenvalue weighted by atomic mass is 15.1. The molecule has 0 spiro atoms. The van der Waals surface area contributed by atoms with E-state index >= 15 is 0 Å². The lowest BCUT2D eigenvalue weighted by Crippen LogP contribution is -2.12. The van der Waals surface area contributed by atoms with Crippen molar-refractivity contribution in [3.8, 4) is 0 Å². The normalized spacial score (nSPS) is 21.1. The van der Waals surface area contributed by atoms with Crippen molar-refractivity contribution in [2.24, 2.45) is 0 Å². The fraction of sp³-hybridized carbons (Fsp3) is 0.667. The zero-order valence-electron chi connectivity index (χ0n) is 11.1. The number of nitrogens with zero attached hydrogens (tertiary/aromatic N) is 2. The van der Waals surface area contributed by atoms with Crippen LogP contribution in [-0.4, -0.2) is 9.55 Å². The summed E-state index contributed by atoms with van der Waals surface area (Å²) in [7, 11) is 0. The summed E-state index contributed by atoms with van der Waals surface area (Å²) in [5, 5.41) is 0. The number of rotatable bonds is 4. The lowest BCUT2D eigenvalue weighted by Gasteiger charge is -2.23. The maximum Gasteiger partial charge on any atom is 0.127 e. The van der Waals surface area contributed by atoms with Gasteiger partial charge >= 0.3 is 0 Å². The molecule has 2 aliphatic rings. The molecule has 0 atom stereocenters. The van der Waals surface area contributed by atoms with Crippen LogP contribution >= 0.6 is 0 Å². The topological polar surface area (TPSA) is 43.8 Å². The van der Waals surface area contributed by atoms with Crippen molar-refractivity contribution >= 4 is 5.82 Å². The summed E-state index contributed by atoms with van der Waals surface area (Å²) >= 11 is 0. The molecule has 2 aliphatic carbocycles. The van der Waals surface area contributed by atoms with E-state index in [0.29, 0.717) is 11.8 Å². The number of allylic oxidation sites excluding steroid dienone is 1. The summed E-state index contributed by atoms with van der Waals surface area (Å²) < 4.78 is 2.20. The molecule has 1 aromatic heterocycles. The van der Waals surface area contributed by atoms with Gasteiger partial charge in [0.15, 0.2) is 0 Å². The van der Waals surface area contributed by atoms with Crippen LogP contribution in [0.2, 0.25) is 0 Å². The number of aromatic nitrogens is 2. The van der Waals surface area contributed by atoms with Gasteiger partial charge in [-0.2, -0.15) is 0 Å². The maximum absolute atomic E-state index is 6.32. The Balaban J connectivity index is 1.96. The molecule has 1 aromatic rings. The summed E-state index contributed by atoms with van der Waals surface area (Å²) in [5.74, 6) is 3.38. The Morgan fingerprint density at radius 1 is 1.17 bits per heavy atom. The summed E-state index contributed by atoms with van der Waals surface area (Å²) in [6.45, 7) is 4.65. The third-order valence-corrected chi connectivity index (χ3v) is 4.59. The van der Waals surface area contributed by atoms with E-state index in [1.807, 2.05) is 6.08 Å². The molecule has 0 bridgehead atoms. The van der Waals surface area contributed by atoms with Crippen LogP contribution in [0, 0.1) is 0 Å². The predicted molar refractivity (Wildman–Crippen MR) is 74.6 cm³/mol. The number of imidazole rings is 1. The predicted octanol–water partition coefficient (Wildman–Crippen LogP) is 3.58. The fourth-order valence-electron chi connectivity index (χ4n) is 3.30. The quantitative estimate of drug-likeness (QED) is 0.824. The maximum atomic E-state index is 6.32. The van der Waals surface area contributed by atoms with E-state index in [1.165, 1.54) is 56.5 Å². The number of nitrogen functional groups attached to an aromatic ring is 1. The third kappa shape index (κ3) is 1.86. The molecule has 3 nitrogen and oxygen atoms in total. The Morgan fingerprint density at radius 2 is 1.83 bits per heavy atom. The second-order valence-corrected chi connectivity index (χ2v) is 5.75.